The van der Waals surface area contributed by atoms with E-state index < -0.39 is 11.5 Å². The lowest BCUT2D eigenvalue weighted by Crippen LogP contribution is -2.23. The topological polar surface area (TPSA) is 104 Å². The summed E-state index contributed by atoms with van der Waals surface area (Å²) in [5, 5.41) is 8.44. The number of hydrogen-bond acceptors (Lipinski definition) is 4. The molecule has 0 fully saturated rings. The number of H-pyrrole nitrogens is 2. The highest BCUT2D eigenvalue weighted by Gasteiger charge is 2.11. The van der Waals surface area contributed by atoms with Crippen LogP contribution >= 0.6 is 0 Å². The summed E-state index contributed by atoms with van der Waals surface area (Å²) in [6.07, 6.45) is 1.26. The van der Waals surface area contributed by atoms with Crippen molar-refractivity contribution in [2.24, 2.45) is 0 Å². The van der Waals surface area contributed by atoms with Gasteiger partial charge in [0, 0.05) is 5.69 Å². The first kappa shape index (κ1) is 10.1. The molecule has 82 valence electrons. The first-order valence-corrected chi connectivity index (χ1v) is 4.53. The average Bonchev–Trinajstić information content (AvgIpc) is 2.70. The Hall–Kier alpha value is -2.44. The van der Waals surface area contributed by atoms with Crippen molar-refractivity contribution in [3.05, 3.63) is 40.1 Å². The van der Waals surface area contributed by atoms with Gasteiger partial charge in [0.2, 0.25) is 5.95 Å². The molecule has 0 aliphatic heterocycles. The Balaban J connectivity index is 2.25. The van der Waals surface area contributed by atoms with Crippen LogP contribution in [0.25, 0.3) is 0 Å². The zero-order chi connectivity index (χ0) is 11.5. The SMILES string of the molecule is Cc1ccc(C(=O)Nc2ncn[nH]2)c(=O)[nH]1. The molecule has 2 aromatic heterocycles. The minimum atomic E-state index is -0.530. The molecule has 0 saturated heterocycles. The minimum Gasteiger partial charge on any atom is -0.326 e. The van der Waals surface area contributed by atoms with Crippen LogP contribution in [0.15, 0.2) is 23.3 Å². The van der Waals surface area contributed by atoms with Crippen LogP contribution in [0.1, 0.15) is 16.1 Å². The van der Waals surface area contributed by atoms with Crippen LogP contribution in [-0.4, -0.2) is 26.1 Å². The number of hydrogen-bond donors (Lipinski definition) is 3. The largest absolute Gasteiger partial charge is 0.326 e. The molecule has 7 heteroatoms. The van der Waals surface area contributed by atoms with Gasteiger partial charge in [-0.1, -0.05) is 0 Å². The van der Waals surface area contributed by atoms with Gasteiger partial charge in [-0.15, -0.1) is 0 Å². The summed E-state index contributed by atoms with van der Waals surface area (Å²) in [5.74, 6) is -0.331. The maximum absolute atomic E-state index is 11.6. The molecule has 0 spiro atoms. The molecule has 7 nitrogen and oxygen atoms in total. The van der Waals surface area contributed by atoms with Gasteiger partial charge in [0.05, 0.1) is 0 Å². The maximum atomic E-state index is 11.6. The van der Waals surface area contributed by atoms with E-state index in [9.17, 15) is 9.59 Å². The van der Waals surface area contributed by atoms with Crippen molar-refractivity contribution >= 4 is 11.9 Å². The highest BCUT2D eigenvalue weighted by atomic mass is 16.2. The summed E-state index contributed by atoms with van der Waals surface area (Å²) in [7, 11) is 0. The molecule has 0 saturated carbocycles. The highest BCUT2D eigenvalue weighted by molar-refractivity contribution is 6.02. The van der Waals surface area contributed by atoms with Crippen LogP contribution in [0.5, 0.6) is 0 Å². The summed E-state index contributed by atoms with van der Waals surface area (Å²) < 4.78 is 0. The molecule has 1 amide bonds. The van der Waals surface area contributed by atoms with E-state index in [1.54, 1.807) is 13.0 Å². The highest BCUT2D eigenvalue weighted by Crippen LogP contribution is 1.98. The van der Waals surface area contributed by atoms with Gasteiger partial charge in [0.25, 0.3) is 11.5 Å². The number of carbonyl (C=O) groups excluding carboxylic acids is 1. The predicted octanol–water partition coefficient (Wildman–Crippen LogP) is 0.0537. The Morgan fingerprint density at radius 1 is 1.44 bits per heavy atom. The molecule has 0 bridgehead atoms. The lowest BCUT2D eigenvalue weighted by Gasteiger charge is -2.00. The van der Waals surface area contributed by atoms with Crippen molar-refractivity contribution in [1.29, 1.82) is 0 Å². The number of nitrogens with one attached hydrogen (secondary N) is 3. The molecule has 0 atom stereocenters. The van der Waals surface area contributed by atoms with Gasteiger partial charge in [-0.05, 0) is 19.1 Å². The van der Waals surface area contributed by atoms with Gasteiger partial charge >= 0.3 is 0 Å². The number of rotatable bonds is 2. The normalized spacial score (nSPS) is 10.1. The maximum Gasteiger partial charge on any atom is 0.263 e. The van der Waals surface area contributed by atoms with Crippen LogP contribution < -0.4 is 10.9 Å². The Labute approximate surface area is 89.9 Å². The molecule has 0 radical (unpaired) electrons. The number of amides is 1. The second-order valence-corrected chi connectivity index (χ2v) is 3.17. The number of aromatic nitrogens is 4. The summed E-state index contributed by atoms with van der Waals surface area (Å²) in [6, 6.07) is 3.11. The van der Waals surface area contributed by atoms with Crippen molar-refractivity contribution in [1.82, 2.24) is 20.2 Å². The summed E-state index contributed by atoms with van der Waals surface area (Å²) >= 11 is 0. The Morgan fingerprint density at radius 3 is 2.88 bits per heavy atom. The first-order chi connectivity index (χ1) is 7.66. The third-order valence-corrected chi connectivity index (χ3v) is 1.95. The molecule has 2 aromatic rings. The van der Waals surface area contributed by atoms with E-state index in [-0.39, 0.29) is 11.5 Å². The van der Waals surface area contributed by atoms with Crippen LogP contribution in [0, 0.1) is 6.92 Å². The number of nitrogens with zero attached hydrogens (tertiary/aromatic N) is 2. The zero-order valence-corrected chi connectivity index (χ0v) is 8.44. The average molecular weight is 219 g/mol. The van der Waals surface area contributed by atoms with Crippen LogP contribution in [0.4, 0.5) is 5.95 Å². The van der Waals surface area contributed by atoms with E-state index in [2.05, 4.69) is 25.5 Å². The molecule has 16 heavy (non-hydrogen) atoms. The van der Waals surface area contributed by atoms with E-state index in [4.69, 9.17) is 0 Å². The van der Waals surface area contributed by atoms with E-state index in [1.165, 1.54) is 12.4 Å². The van der Waals surface area contributed by atoms with Crippen LogP contribution in [0.3, 0.4) is 0 Å². The predicted molar refractivity (Wildman–Crippen MR) is 56.1 cm³/mol. The van der Waals surface area contributed by atoms with Crippen LogP contribution in [0.2, 0.25) is 0 Å². The second-order valence-electron chi connectivity index (χ2n) is 3.17. The summed E-state index contributed by atoms with van der Waals surface area (Å²) in [4.78, 5) is 29.3. The second kappa shape index (κ2) is 3.97. The van der Waals surface area contributed by atoms with Gasteiger partial charge < -0.3 is 4.98 Å². The summed E-state index contributed by atoms with van der Waals surface area (Å²) in [5.41, 5.74) is 0.292. The van der Waals surface area contributed by atoms with Gasteiger partial charge in [0.15, 0.2) is 0 Å². The van der Waals surface area contributed by atoms with E-state index in [1.807, 2.05) is 0 Å². The van der Waals surface area contributed by atoms with Crippen molar-refractivity contribution in [2.45, 2.75) is 6.92 Å². The van der Waals surface area contributed by atoms with E-state index >= 15 is 0 Å². The van der Waals surface area contributed by atoms with Crippen LogP contribution in [-0.2, 0) is 0 Å². The number of carbonyl (C=O) groups is 1. The van der Waals surface area contributed by atoms with E-state index in [0.717, 1.165) is 0 Å². The number of aryl methyl sites for hydroxylation is 1. The van der Waals surface area contributed by atoms with Gasteiger partial charge in [-0.2, -0.15) is 10.1 Å². The molecule has 0 aliphatic rings. The zero-order valence-electron chi connectivity index (χ0n) is 8.44. The molecular formula is C9H9N5O2. The minimum absolute atomic E-state index is 0.0296. The van der Waals surface area contributed by atoms with Gasteiger partial charge in [0.1, 0.15) is 11.9 Å². The van der Waals surface area contributed by atoms with Crippen molar-refractivity contribution in [3.63, 3.8) is 0 Å². The Kier molecular flexibility index (Phi) is 2.50. The van der Waals surface area contributed by atoms with Crippen molar-refractivity contribution in [2.75, 3.05) is 5.32 Å². The third kappa shape index (κ3) is 1.97. The molecule has 0 unspecified atom stereocenters. The third-order valence-electron chi connectivity index (χ3n) is 1.95. The molecule has 0 aliphatic carbocycles. The quantitative estimate of drug-likeness (QED) is 0.664. The molecule has 3 N–H and O–H groups in total. The lowest BCUT2D eigenvalue weighted by molar-refractivity contribution is 0.102. The van der Waals surface area contributed by atoms with Crippen molar-refractivity contribution < 1.29 is 4.79 Å². The number of pyridine rings is 1. The fraction of sp³-hybridized carbons (Fsp3) is 0.111. The molecule has 0 aromatic carbocycles. The smallest absolute Gasteiger partial charge is 0.263 e. The number of aromatic amines is 2. The van der Waals surface area contributed by atoms with Crippen molar-refractivity contribution in [3.8, 4) is 0 Å². The monoisotopic (exact) mass is 219 g/mol. The number of anilines is 1. The Morgan fingerprint density at radius 2 is 2.25 bits per heavy atom. The standard InChI is InChI=1S/C9H9N5O2/c1-5-2-3-6(7(15)12-5)8(16)13-9-10-4-11-14-9/h2-4H,1H3,(H,12,15)(H2,10,11,13,14,16). The molecule has 2 rings (SSSR count). The van der Waals surface area contributed by atoms with E-state index in [0.29, 0.717) is 5.69 Å². The summed E-state index contributed by atoms with van der Waals surface area (Å²) in [6.45, 7) is 1.74. The lowest BCUT2D eigenvalue weighted by atomic mass is 10.2. The molecule has 2 heterocycles. The fourth-order valence-electron chi connectivity index (χ4n) is 1.19. The fourth-order valence-corrected chi connectivity index (χ4v) is 1.19. The van der Waals surface area contributed by atoms with Gasteiger partial charge in [-0.3, -0.25) is 14.9 Å². The van der Waals surface area contributed by atoms with Gasteiger partial charge in [-0.25, -0.2) is 5.10 Å². The first-order valence-electron chi connectivity index (χ1n) is 4.53. The molecular weight excluding hydrogens is 210 g/mol. The Bertz CT molecular complexity index is 558.